The maximum atomic E-state index is 12.0. The van der Waals surface area contributed by atoms with Gasteiger partial charge in [0.15, 0.2) is 0 Å². The predicted molar refractivity (Wildman–Crippen MR) is 72.6 cm³/mol. The van der Waals surface area contributed by atoms with E-state index >= 15 is 0 Å². The number of benzene rings is 1. The van der Waals surface area contributed by atoms with E-state index in [1.54, 1.807) is 24.1 Å². The molecule has 21 heavy (non-hydrogen) atoms. The Kier molecular flexibility index (Phi) is 7.12. The molecule has 5 nitrogen and oxygen atoms in total. The Bertz CT molecular complexity index is 486. The fraction of sp³-hybridized carbons (Fsp3) is 0.429. The average Bonchev–Trinajstić information content (AvgIpc) is 2.40. The van der Waals surface area contributed by atoms with Gasteiger partial charge in [-0.2, -0.15) is 14.0 Å². The summed E-state index contributed by atoms with van der Waals surface area (Å²) in [4.78, 5) is 13.3. The van der Waals surface area contributed by atoms with E-state index in [-0.39, 0.29) is 24.6 Å². The zero-order chi connectivity index (χ0) is 15.7. The number of ether oxygens (including phenoxy) is 1. The van der Waals surface area contributed by atoms with Gasteiger partial charge in [-0.25, -0.2) is 0 Å². The van der Waals surface area contributed by atoms with Crippen molar-refractivity contribution in [3.63, 3.8) is 0 Å². The highest BCUT2D eigenvalue weighted by molar-refractivity contribution is 5.77. The number of carbonyl (C=O) groups is 1. The topological polar surface area (TPSA) is 65.4 Å². The standard InChI is InChI=1S/C14H17F2N3O2/c1-19(10-13(20)18-8-2-7-17)9-11-3-5-12(6-4-11)21-14(15)16/h3-6,14H,2,8-10H2,1H3,(H,18,20). The van der Waals surface area contributed by atoms with Crippen molar-refractivity contribution in [2.24, 2.45) is 0 Å². The minimum absolute atomic E-state index is 0.102. The van der Waals surface area contributed by atoms with Crippen LogP contribution in [0.3, 0.4) is 0 Å². The van der Waals surface area contributed by atoms with E-state index in [9.17, 15) is 13.6 Å². The first-order valence-electron chi connectivity index (χ1n) is 6.37. The number of carbonyl (C=O) groups excluding carboxylic acids is 1. The summed E-state index contributed by atoms with van der Waals surface area (Å²) in [5.74, 6) is -0.0592. The molecular formula is C14H17F2N3O2. The fourth-order valence-electron chi connectivity index (χ4n) is 1.70. The summed E-state index contributed by atoms with van der Waals surface area (Å²) in [5.41, 5.74) is 0.879. The number of nitriles is 1. The fourth-order valence-corrected chi connectivity index (χ4v) is 1.70. The first-order chi connectivity index (χ1) is 10.0. The largest absolute Gasteiger partial charge is 0.435 e. The third kappa shape index (κ3) is 7.22. The summed E-state index contributed by atoms with van der Waals surface area (Å²) < 4.78 is 28.3. The molecule has 0 aliphatic rings. The van der Waals surface area contributed by atoms with E-state index in [1.807, 2.05) is 6.07 Å². The molecule has 0 atom stereocenters. The van der Waals surface area contributed by atoms with E-state index in [0.29, 0.717) is 13.1 Å². The zero-order valence-electron chi connectivity index (χ0n) is 11.7. The minimum atomic E-state index is -2.84. The van der Waals surface area contributed by atoms with Crippen LogP contribution in [0.1, 0.15) is 12.0 Å². The number of hydrogen-bond acceptors (Lipinski definition) is 4. The van der Waals surface area contributed by atoms with Gasteiger partial charge >= 0.3 is 6.61 Å². The lowest BCUT2D eigenvalue weighted by Gasteiger charge is -2.16. The molecule has 0 spiro atoms. The highest BCUT2D eigenvalue weighted by Gasteiger charge is 2.08. The number of nitrogens with one attached hydrogen (secondary N) is 1. The molecule has 0 saturated heterocycles. The molecule has 0 unspecified atom stereocenters. The monoisotopic (exact) mass is 297 g/mol. The lowest BCUT2D eigenvalue weighted by molar-refractivity contribution is -0.122. The quantitative estimate of drug-likeness (QED) is 0.742. The van der Waals surface area contributed by atoms with Crippen molar-refractivity contribution in [1.82, 2.24) is 10.2 Å². The van der Waals surface area contributed by atoms with Crippen molar-refractivity contribution >= 4 is 5.91 Å². The van der Waals surface area contributed by atoms with Crippen molar-refractivity contribution in [2.75, 3.05) is 20.1 Å². The molecule has 1 aromatic carbocycles. The Morgan fingerprint density at radius 2 is 2.10 bits per heavy atom. The second kappa shape index (κ2) is 8.87. The van der Waals surface area contributed by atoms with Crippen molar-refractivity contribution in [2.45, 2.75) is 19.6 Å². The van der Waals surface area contributed by atoms with Gasteiger partial charge in [0.1, 0.15) is 5.75 Å². The van der Waals surface area contributed by atoms with Crippen LogP contribution >= 0.6 is 0 Å². The highest BCUT2D eigenvalue weighted by Crippen LogP contribution is 2.15. The van der Waals surface area contributed by atoms with Gasteiger partial charge in [0.25, 0.3) is 0 Å². The third-order valence-corrected chi connectivity index (χ3v) is 2.57. The van der Waals surface area contributed by atoms with Crippen LogP contribution in [0.2, 0.25) is 0 Å². The van der Waals surface area contributed by atoms with Gasteiger partial charge in [0.05, 0.1) is 19.0 Å². The Balaban J connectivity index is 2.38. The van der Waals surface area contributed by atoms with Crippen LogP contribution in [0.15, 0.2) is 24.3 Å². The second-order valence-corrected chi connectivity index (χ2v) is 4.45. The Morgan fingerprint density at radius 1 is 1.43 bits per heavy atom. The molecule has 0 aliphatic heterocycles. The number of alkyl halides is 2. The van der Waals surface area contributed by atoms with Gasteiger partial charge in [0.2, 0.25) is 5.91 Å². The van der Waals surface area contributed by atoms with Gasteiger partial charge < -0.3 is 10.1 Å². The normalized spacial score (nSPS) is 10.5. The lowest BCUT2D eigenvalue weighted by atomic mass is 10.2. The Hall–Kier alpha value is -2.20. The van der Waals surface area contributed by atoms with E-state index in [1.165, 1.54) is 12.1 Å². The van der Waals surface area contributed by atoms with Crippen LogP contribution in [0.5, 0.6) is 5.75 Å². The maximum absolute atomic E-state index is 12.0. The summed E-state index contributed by atoms with van der Waals surface area (Å²) in [6, 6.07) is 8.20. The molecule has 0 fully saturated rings. The molecule has 7 heteroatoms. The van der Waals surface area contributed by atoms with Crippen LogP contribution in [0, 0.1) is 11.3 Å². The molecule has 0 radical (unpaired) electrons. The van der Waals surface area contributed by atoms with E-state index in [2.05, 4.69) is 10.1 Å². The van der Waals surface area contributed by atoms with Crippen molar-refractivity contribution < 1.29 is 18.3 Å². The number of rotatable bonds is 8. The SMILES string of the molecule is CN(CC(=O)NCCC#N)Cc1ccc(OC(F)F)cc1. The van der Waals surface area contributed by atoms with E-state index in [4.69, 9.17) is 5.26 Å². The molecule has 0 heterocycles. The van der Waals surface area contributed by atoms with Crippen LogP contribution < -0.4 is 10.1 Å². The summed E-state index contributed by atoms with van der Waals surface area (Å²) >= 11 is 0. The summed E-state index contributed by atoms with van der Waals surface area (Å²) in [6.45, 7) is -1.81. The van der Waals surface area contributed by atoms with Crippen molar-refractivity contribution in [3.05, 3.63) is 29.8 Å². The first-order valence-corrected chi connectivity index (χ1v) is 6.37. The molecule has 1 rings (SSSR count). The molecule has 114 valence electrons. The molecule has 1 amide bonds. The Labute approximate surface area is 122 Å². The molecule has 1 N–H and O–H groups in total. The average molecular weight is 297 g/mol. The smallest absolute Gasteiger partial charge is 0.387 e. The van der Waals surface area contributed by atoms with E-state index < -0.39 is 6.61 Å². The van der Waals surface area contributed by atoms with Gasteiger partial charge in [-0.05, 0) is 24.7 Å². The Morgan fingerprint density at radius 3 is 2.67 bits per heavy atom. The number of halogens is 2. The van der Waals surface area contributed by atoms with Crippen LogP contribution in [0.25, 0.3) is 0 Å². The van der Waals surface area contributed by atoms with E-state index in [0.717, 1.165) is 5.56 Å². The lowest BCUT2D eigenvalue weighted by Crippen LogP contribution is -2.35. The molecular weight excluding hydrogens is 280 g/mol. The number of hydrogen-bond donors (Lipinski definition) is 1. The molecule has 1 aromatic rings. The van der Waals surface area contributed by atoms with Crippen LogP contribution in [-0.4, -0.2) is 37.6 Å². The molecule has 0 saturated carbocycles. The number of amides is 1. The van der Waals surface area contributed by atoms with Crippen LogP contribution in [0.4, 0.5) is 8.78 Å². The molecule has 0 bridgehead atoms. The number of nitrogens with zero attached hydrogens (tertiary/aromatic N) is 2. The maximum Gasteiger partial charge on any atom is 0.387 e. The highest BCUT2D eigenvalue weighted by atomic mass is 19.3. The number of likely N-dealkylation sites (N-methyl/N-ethyl adjacent to an activating group) is 1. The predicted octanol–water partition coefficient (Wildman–Crippen LogP) is 1.75. The molecule has 0 aliphatic carbocycles. The van der Waals surface area contributed by atoms with Gasteiger partial charge in [0, 0.05) is 13.1 Å². The summed E-state index contributed by atoms with van der Waals surface area (Å²) in [5, 5.41) is 11.0. The summed E-state index contributed by atoms with van der Waals surface area (Å²) in [6.07, 6.45) is 0.279. The zero-order valence-corrected chi connectivity index (χ0v) is 11.7. The first kappa shape index (κ1) is 16.9. The molecule has 0 aromatic heterocycles. The third-order valence-electron chi connectivity index (χ3n) is 2.57. The van der Waals surface area contributed by atoms with Crippen molar-refractivity contribution in [1.29, 1.82) is 5.26 Å². The summed E-state index contributed by atoms with van der Waals surface area (Å²) in [7, 11) is 1.77. The van der Waals surface area contributed by atoms with Crippen LogP contribution in [-0.2, 0) is 11.3 Å². The van der Waals surface area contributed by atoms with Crippen molar-refractivity contribution in [3.8, 4) is 11.8 Å². The van der Waals surface area contributed by atoms with Gasteiger partial charge in [-0.15, -0.1) is 0 Å². The second-order valence-electron chi connectivity index (χ2n) is 4.45. The minimum Gasteiger partial charge on any atom is -0.435 e. The van der Waals surface area contributed by atoms with Gasteiger partial charge in [-0.1, -0.05) is 12.1 Å². The van der Waals surface area contributed by atoms with Gasteiger partial charge in [-0.3, -0.25) is 9.69 Å².